The van der Waals surface area contributed by atoms with Crippen LogP contribution in [-0.2, 0) is 4.79 Å². The van der Waals surface area contributed by atoms with Crippen LogP contribution in [0.25, 0.3) is 0 Å². The molecule has 1 unspecified atom stereocenters. The summed E-state index contributed by atoms with van der Waals surface area (Å²) in [7, 11) is 0. The van der Waals surface area contributed by atoms with Gasteiger partial charge in [0, 0.05) is 22.9 Å². The van der Waals surface area contributed by atoms with Crippen LogP contribution in [0.5, 0.6) is 0 Å². The van der Waals surface area contributed by atoms with E-state index in [-0.39, 0.29) is 18.0 Å². The Balaban J connectivity index is 2.46. The fourth-order valence-electron chi connectivity index (χ4n) is 1.17. The van der Waals surface area contributed by atoms with Crippen molar-refractivity contribution in [3.05, 3.63) is 11.1 Å². The van der Waals surface area contributed by atoms with Gasteiger partial charge in [-0.05, 0) is 6.92 Å². The van der Waals surface area contributed by atoms with E-state index in [1.54, 1.807) is 23.1 Å². The maximum Gasteiger partial charge on any atom is 0.235 e. The number of hydrogen-bond acceptors (Lipinski definition) is 5. The van der Waals surface area contributed by atoms with E-state index in [0.717, 1.165) is 10.0 Å². The number of nitrogens with two attached hydrogens (primary N) is 1. The summed E-state index contributed by atoms with van der Waals surface area (Å²) in [6.45, 7) is 5.95. The molecule has 1 aromatic heterocycles. The van der Waals surface area contributed by atoms with Crippen molar-refractivity contribution in [2.24, 2.45) is 5.73 Å². The Bertz CT molecular complexity index is 352. The summed E-state index contributed by atoms with van der Waals surface area (Å²) >= 11 is 3.16. The van der Waals surface area contributed by atoms with E-state index in [1.165, 1.54) is 0 Å². The summed E-state index contributed by atoms with van der Waals surface area (Å²) < 4.78 is 0.981. The third-order valence-corrected chi connectivity index (χ3v) is 4.08. The van der Waals surface area contributed by atoms with Gasteiger partial charge in [0.1, 0.15) is 4.34 Å². The van der Waals surface area contributed by atoms with Crippen LogP contribution in [0.15, 0.2) is 9.72 Å². The number of rotatable bonds is 6. The molecule has 16 heavy (non-hydrogen) atoms. The van der Waals surface area contributed by atoms with E-state index in [4.69, 9.17) is 5.73 Å². The molecule has 1 heterocycles. The monoisotopic (exact) mass is 259 g/mol. The van der Waals surface area contributed by atoms with Crippen LogP contribution in [0.4, 0.5) is 0 Å². The Morgan fingerprint density at radius 2 is 2.38 bits per heavy atom. The maximum atomic E-state index is 11.2. The molecule has 0 bridgehead atoms. The van der Waals surface area contributed by atoms with Gasteiger partial charge in [-0.3, -0.25) is 4.79 Å². The standard InChI is InChI=1S/C10H17N3OS2/c1-6(2)12-8(9(11)14)5-16-10-13-7(3)4-15-10/h4,6,8,12H,5H2,1-3H3,(H2,11,14). The lowest BCUT2D eigenvalue weighted by Crippen LogP contribution is -2.46. The molecule has 0 aromatic carbocycles. The van der Waals surface area contributed by atoms with Crippen molar-refractivity contribution in [2.75, 3.05) is 5.75 Å². The highest BCUT2D eigenvalue weighted by molar-refractivity contribution is 8.01. The van der Waals surface area contributed by atoms with Gasteiger partial charge < -0.3 is 11.1 Å². The van der Waals surface area contributed by atoms with Gasteiger partial charge in [0.25, 0.3) is 0 Å². The Morgan fingerprint density at radius 1 is 1.69 bits per heavy atom. The van der Waals surface area contributed by atoms with Crippen molar-refractivity contribution in [3.63, 3.8) is 0 Å². The van der Waals surface area contributed by atoms with Crippen molar-refractivity contribution >= 4 is 29.0 Å². The molecule has 4 nitrogen and oxygen atoms in total. The Labute approximate surface area is 104 Å². The maximum absolute atomic E-state index is 11.2. The molecule has 3 N–H and O–H groups in total. The highest BCUT2D eigenvalue weighted by Gasteiger charge is 2.16. The number of primary amides is 1. The zero-order chi connectivity index (χ0) is 12.1. The fraction of sp³-hybridized carbons (Fsp3) is 0.600. The molecule has 0 aliphatic carbocycles. The molecule has 0 saturated carbocycles. The van der Waals surface area contributed by atoms with Gasteiger partial charge in [-0.2, -0.15) is 0 Å². The van der Waals surface area contributed by atoms with Crippen molar-refractivity contribution in [3.8, 4) is 0 Å². The first-order chi connectivity index (χ1) is 7.49. The van der Waals surface area contributed by atoms with E-state index in [1.807, 2.05) is 26.2 Å². The van der Waals surface area contributed by atoms with Crippen LogP contribution in [0.1, 0.15) is 19.5 Å². The summed E-state index contributed by atoms with van der Waals surface area (Å²) in [5.74, 6) is 0.315. The van der Waals surface area contributed by atoms with Gasteiger partial charge in [0.05, 0.1) is 6.04 Å². The zero-order valence-corrected chi connectivity index (χ0v) is 11.3. The molecule has 0 saturated heterocycles. The Morgan fingerprint density at radius 3 is 2.81 bits per heavy atom. The molecular weight excluding hydrogens is 242 g/mol. The second kappa shape index (κ2) is 6.22. The summed E-state index contributed by atoms with van der Waals surface area (Å²) in [6, 6.07) is -0.0506. The molecule has 6 heteroatoms. The number of amides is 1. The highest BCUT2D eigenvalue weighted by Crippen LogP contribution is 2.22. The molecule has 0 aliphatic heterocycles. The third kappa shape index (κ3) is 4.51. The van der Waals surface area contributed by atoms with Gasteiger partial charge in [-0.15, -0.1) is 11.3 Å². The van der Waals surface area contributed by atoms with E-state index >= 15 is 0 Å². The van der Waals surface area contributed by atoms with Crippen LogP contribution in [0.2, 0.25) is 0 Å². The minimum atomic E-state index is -0.311. The predicted molar refractivity (Wildman–Crippen MR) is 68.8 cm³/mol. The quantitative estimate of drug-likeness (QED) is 0.758. The van der Waals surface area contributed by atoms with Gasteiger partial charge in [0.2, 0.25) is 5.91 Å². The summed E-state index contributed by atoms with van der Waals surface area (Å²) in [6.07, 6.45) is 0. The van der Waals surface area contributed by atoms with Crippen LogP contribution < -0.4 is 11.1 Å². The highest BCUT2D eigenvalue weighted by atomic mass is 32.2. The second-order valence-electron chi connectivity index (χ2n) is 3.84. The number of thiazole rings is 1. The molecule has 1 amide bonds. The lowest BCUT2D eigenvalue weighted by atomic mass is 10.3. The van der Waals surface area contributed by atoms with Crippen molar-refractivity contribution in [1.29, 1.82) is 0 Å². The number of hydrogen-bond donors (Lipinski definition) is 2. The molecule has 0 spiro atoms. The average Bonchev–Trinajstić information content (AvgIpc) is 2.58. The summed E-state index contributed by atoms with van der Waals surface area (Å²) in [4.78, 5) is 15.5. The van der Waals surface area contributed by atoms with Crippen molar-refractivity contribution in [2.45, 2.75) is 37.2 Å². The van der Waals surface area contributed by atoms with E-state index < -0.39 is 0 Å². The lowest BCUT2D eigenvalue weighted by Gasteiger charge is -2.16. The number of aryl methyl sites for hydroxylation is 1. The number of thioether (sulfide) groups is 1. The van der Waals surface area contributed by atoms with Crippen molar-refractivity contribution < 1.29 is 4.79 Å². The first-order valence-electron chi connectivity index (χ1n) is 5.09. The van der Waals surface area contributed by atoms with E-state index in [2.05, 4.69) is 10.3 Å². The minimum Gasteiger partial charge on any atom is -0.368 e. The van der Waals surface area contributed by atoms with Gasteiger partial charge >= 0.3 is 0 Å². The first-order valence-corrected chi connectivity index (χ1v) is 6.96. The normalized spacial score (nSPS) is 13.0. The average molecular weight is 259 g/mol. The number of carbonyl (C=O) groups is 1. The lowest BCUT2D eigenvalue weighted by molar-refractivity contribution is -0.119. The van der Waals surface area contributed by atoms with Gasteiger partial charge in [0.15, 0.2) is 0 Å². The molecule has 1 rings (SSSR count). The molecule has 0 fully saturated rings. The van der Waals surface area contributed by atoms with Crippen LogP contribution in [0.3, 0.4) is 0 Å². The third-order valence-electron chi connectivity index (χ3n) is 1.85. The molecular formula is C10H17N3OS2. The SMILES string of the molecule is Cc1csc(SCC(NC(C)C)C(N)=O)n1. The molecule has 0 radical (unpaired) electrons. The zero-order valence-electron chi connectivity index (χ0n) is 9.69. The number of carbonyl (C=O) groups excluding carboxylic acids is 1. The van der Waals surface area contributed by atoms with Crippen LogP contribution in [-0.4, -0.2) is 28.7 Å². The van der Waals surface area contributed by atoms with Crippen LogP contribution in [0, 0.1) is 6.92 Å². The van der Waals surface area contributed by atoms with Crippen LogP contribution >= 0.6 is 23.1 Å². The van der Waals surface area contributed by atoms with Gasteiger partial charge in [-0.1, -0.05) is 25.6 Å². The molecule has 0 aliphatic rings. The van der Waals surface area contributed by atoms with E-state index in [0.29, 0.717) is 5.75 Å². The summed E-state index contributed by atoms with van der Waals surface area (Å²) in [5, 5.41) is 5.14. The topological polar surface area (TPSA) is 68.0 Å². The Hall–Kier alpha value is -0.590. The number of nitrogens with zero attached hydrogens (tertiary/aromatic N) is 1. The predicted octanol–water partition coefficient (Wildman–Crippen LogP) is 1.40. The number of nitrogens with one attached hydrogen (secondary N) is 1. The summed E-state index contributed by atoms with van der Waals surface area (Å²) in [5.41, 5.74) is 6.34. The smallest absolute Gasteiger partial charge is 0.235 e. The fourth-order valence-corrected chi connectivity index (χ4v) is 3.09. The number of aromatic nitrogens is 1. The first kappa shape index (κ1) is 13.5. The molecule has 1 atom stereocenters. The Kier molecular flexibility index (Phi) is 5.24. The largest absolute Gasteiger partial charge is 0.368 e. The molecule has 1 aromatic rings. The van der Waals surface area contributed by atoms with Crippen molar-refractivity contribution in [1.82, 2.24) is 10.3 Å². The van der Waals surface area contributed by atoms with E-state index in [9.17, 15) is 4.79 Å². The van der Waals surface area contributed by atoms with Gasteiger partial charge in [-0.25, -0.2) is 4.98 Å². The minimum absolute atomic E-state index is 0.246. The second-order valence-corrected chi connectivity index (χ2v) is 5.97. The molecule has 90 valence electrons.